The summed E-state index contributed by atoms with van der Waals surface area (Å²) in [7, 11) is 0. The number of piperazine rings is 1. The minimum atomic E-state index is -0.227. The predicted octanol–water partition coefficient (Wildman–Crippen LogP) is 4.98. The number of benzene rings is 1. The first-order chi connectivity index (χ1) is 15.3. The van der Waals surface area contributed by atoms with Crippen LogP contribution in [0.15, 0.2) is 24.3 Å². The first-order valence-corrected chi connectivity index (χ1v) is 12.0. The van der Waals surface area contributed by atoms with Crippen LogP contribution in [0.3, 0.4) is 0 Å². The Morgan fingerprint density at radius 2 is 1.69 bits per heavy atom. The van der Waals surface area contributed by atoms with E-state index in [1.807, 2.05) is 17.0 Å². The first kappa shape index (κ1) is 24.1. The van der Waals surface area contributed by atoms with Crippen molar-refractivity contribution in [2.24, 2.45) is 5.92 Å². The van der Waals surface area contributed by atoms with Crippen LogP contribution in [0.1, 0.15) is 76.0 Å². The van der Waals surface area contributed by atoms with E-state index in [-0.39, 0.29) is 17.6 Å². The Kier molecular flexibility index (Phi) is 8.21. The predicted molar refractivity (Wildman–Crippen MR) is 128 cm³/mol. The second kappa shape index (κ2) is 10.9. The van der Waals surface area contributed by atoms with Crippen molar-refractivity contribution in [1.82, 2.24) is 14.9 Å². The molecular formula is C26H37FN4O. The summed E-state index contributed by atoms with van der Waals surface area (Å²) in [6.45, 7) is 13.6. The van der Waals surface area contributed by atoms with E-state index in [9.17, 15) is 9.18 Å². The van der Waals surface area contributed by atoms with Crippen molar-refractivity contribution >= 4 is 11.7 Å². The largest absolute Gasteiger partial charge is 0.353 e. The smallest absolute Gasteiger partial charge is 0.222 e. The lowest BCUT2D eigenvalue weighted by Gasteiger charge is -2.37. The molecule has 174 valence electrons. The molecule has 1 saturated heterocycles. The third kappa shape index (κ3) is 5.84. The van der Waals surface area contributed by atoms with Gasteiger partial charge in [0, 0.05) is 56.2 Å². The Morgan fingerprint density at radius 3 is 2.25 bits per heavy atom. The molecule has 1 aliphatic heterocycles. The van der Waals surface area contributed by atoms with E-state index in [0.717, 1.165) is 54.4 Å². The maximum atomic E-state index is 13.4. The molecule has 0 N–H and O–H groups in total. The van der Waals surface area contributed by atoms with Gasteiger partial charge in [0.05, 0.1) is 0 Å². The number of rotatable bonds is 8. The second-order valence-corrected chi connectivity index (χ2v) is 9.26. The minimum absolute atomic E-state index is 0.227. The maximum absolute atomic E-state index is 13.4. The molecule has 5 nitrogen and oxygen atoms in total. The summed E-state index contributed by atoms with van der Waals surface area (Å²) < 4.78 is 13.4. The third-order valence-electron chi connectivity index (χ3n) is 6.29. The average Bonchev–Trinajstić information content (AvgIpc) is 2.79. The lowest BCUT2D eigenvalue weighted by Crippen LogP contribution is -2.49. The zero-order chi connectivity index (χ0) is 23.3. The zero-order valence-corrected chi connectivity index (χ0v) is 20.2. The second-order valence-electron chi connectivity index (χ2n) is 9.26. The highest BCUT2D eigenvalue weighted by molar-refractivity contribution is 5.76. The number of halogens is 1. The van der Waals surface area contributed by atoms with Crippen molar-refractivity contribution in [1.29, 1.82) is 0 Å². The molecule has 6 heteroatoms. The van der Waals surface area contributed by atoms with Crippen LogP contribution in [0.4, 0.5) is 10.2 Å². The number of carbonyl (C=O) groups excluding carboxylic acids is 1. The Morgan fingerprint density at radius 1 is 1.03 bits per heavy atom. The summed E-state index contributed by atoms with van der Waals surface area (Å²) in [5, 5.41) is 0. The fraction of sp³-hybridized carbons (Fsp3) is 0.577. The lowest BCUT2D eigenvalue weighted by molar-refractivity contribution is -0.132. The van der Waals surface area contributed by atoms with E-state index < -0.39 is 0 Å². The summed E-state index contributed by atoms with van der Waals surface area (Å²) in [5.74, 6) is 2.54. The van der Waals surface area contributed by atoms with Gasteiger partial charge in [-0.2, -0.15) is 0 Å². The summed E-state index contributed by atoms with van der Waals surface area (Å²) in [4.78, 5) is 26.8. The van der Waals surface area contributed by atoms with Gasteiger partial charge in [-0.3, -0.25) is 4.79 Å². The Balaban J connectivity index is 1.91. The highest BCUT2D eigenvalue weighted by Crippen LogP contribution is 2.29. The zero-order valence-electron chi connectivity index (χ0n) is 20.2. The maximum Gasteiger partial charge on any atom is 0.222 e. The number of amides is 1. The quantitative estimate of drug-likeness (QED) is 0.581. The van der Waals surface area contributed by atoms with Crippen molar-refractivity contribution < 1.29 is 9.18 Å². The molecular weight excluding hydrogens is 403 g/mol. The molecule has 0 spiro atoms. The SMILES string of the molecule is CCc1nc([C@H](C)CC)nc(N2CCN(C(=O)CC(C)C)CC2)c1Cc1ccc(F)cc1. The molecule has 2 aromatic rings. The summed E-state index contributed by atoms with van der Waals surface area (Å²) >= 11 is 0. The molecule has 1 aromatic carbocycles. The van der Waals surface area contributed by atoms with Crippen LogP contribution in [0, 0.1) is 11.7 Å². The summed E-state index contributed by atoms with van der Waals surface area (Å²) in [6, 6.07) is 6.69. The lowest BCUT2D eigenvalue weighted by atomic mass is 10.0. The standard InChI is InChI=1S/C26H37FN4O/c1-6-19(5)25-28-23(7-2)22(17-20-8-10-21(27)11-9-20)26(29-25)31-14-12-30(13-15-31)24(32)16-18(3)4/h8-11,18-19H,6-7,12-17H2,1-5H3/t19-/m1/s1. The number of hydrogen-bond donors (Lipinski definition) is 0. The average molecular weight is 441 g/mol. The summed E-state index contributed by atoms with van der Waals surface area (Å²) in [6.07, 6.45) is 3.08. The van der Waals surface area contributed by atoms with Gasteiger partial charge < -0.3 is 9.80 Å². The molecule has 0 saturated carbocycles. The number of aromatic nitrogens is 2. The normalized spacial score (nSPS) is 15.3. The van der Waals surface area contributed by atoms with Crippen molar-refractivity contribution in [2.75, 3.05) is 31.1 Å². The van der Waals surface area contributed by atoms with Crippen LogP contribution in [0.5, 0.6) is 0 Å². The molecule has 1 aromatic heterocycles. The van der Waals surface area contributed by atoms with E-state index >= 15 is 0 Å². The third-order valence-corrected chi connectivity index (χ3v) is 6.29. The minimum Gasteiger partial charge on any atom is -0.353 e. The topological polar surface area (TPSA) is 49.3 Å². The Bertz CT molecular complexity index is 905. The van der Waals surface area contributed by atoms with Gasteiger partial charge in [0.2, 0.25) is 5.91 Å². The van der Waals surface area contributed by atoms with Crippen LogP contribution >= 0.6 is 0 Å². The molecule has 1 amide bonds. The van der Waals surface area contributed by atoms with Gasteiger partial charge in [-0.1, -0.05) is 46.8 Å². The van der Waals surface area contributed by atoms with Gasteiger partial charge in [-0.05, 0) is 36.5 Å². The van der Waals surface area contributed by atoms with E-state index in [0.29, 0.717) is 31.8 Å². The van der Waals surface area contributed by atoms with Gasteiger partial charge in [0.25, 0.3) is 0 Å². The molecule has 1 atom stereocenters. The van der Waals surface area contributed by atoms with Crippen LogP contribution < -0.4 is 4.90 Å². The fourth-order valence-electron chi connectivity index (χ4n) is 4.13. The molecule has 0 radical (unpaired) electrons. The monoisotopic (exact) mass is 440 g/mol. The molecule has 2 heterocycles. The van der Waals surface area contributed by atoms with E-state index in [4.69, 9.17) is 9.97 Å². The van der Waals surface area contributed by atoms with E-state index in [1.54, 1.807) is 0 Å². The first-order valence-electron chi connectivity index (χ1n) is 12.0. The van der Waals surface area contributed by atoms with Crippen LogP contribution in [0.2, 0.25) is 0 Å². The number of hydrogen-bond acceptors (Lipinski definition) is 4. The molecule has 1 fully saturated rings. The highest BCUT2D eigenvalue weighted by Gasteiger charge is 2.26. The highest BCUT2D eigenvalue weighted by atomic mass is 19.1. The number of nitrogens with zero attached hydrogens (tertiary/aromatic N) is 4. The Hall–Kier alpha value is -2.50. The molecule has 0 bridgehead atoms. The summed E-state index contributed by atoms with van der Waals surface area (Å²) in [5.41, 5.74) is 3.23. The number of aryl methyl sites for hydroxylation is 1. The van der Waals surface area contributed by atoms with Gasteiger partial charge in [0.1, 0.15) is 17.5 Å². The number of anilines is 1. The fourth-order valence-corrected chi connectivity index (χ4v) is 4.13. The van der Waals surface area contributed by atoms with Crippen molar-refractivity contribution in [2.45, 2.75) is 66.2 Å². The molecule has 0 aliphatic carbocycles. The Labute approximate surface area is 192 Å². The van der Waals surface area contributed by atoms with Crippen molar-refractivity contribution in [3.63, 3.8) is 0 Å². The van der Waals surface area contributed by atoms with Gasteiger partial charge in [0.15, 0.2) is 0 Å². The van der Waals surface area contributed by atoms with Crippen LogP contribution in [0.25, 0.3) is 0 Å². The molecule has 0 unspecified atom stereocenters. The van der Waals surface area contributed by atoms with Crippen LogP contribution in [-0.4, -0.2) is 47.0 Å². The van der Waals surface area contributed by atoms with Crippen molar-refractivity contribution in [3.05, 3.63) is 52.7 Å². The molecule has 3 rings (SSSR count). The van der Waals surface area contributed by atoms with E-state index in [1.165, 1.54) is 12.1 Å². The molecule has 1 aliphatic rings. The van der Waals surface area contributed by atoms with Gasteiger partial charge in [-0.25, -0.2) is 14.4 Å². The van der Waals surface area contributed by atoms with Gasteiger partial charge in [-0.15, -0.1) is 0 Å². The molecule has 32 heavy (non-hydrogen) atoms. The van der Waals surface area contributed by atoms with Gasteiger partial charge >= 0.3 is 0 Å². The van der Waals surface area contributed by atoms with Crippen LogP contribution in [-0.2, 0) is 17.6 Å². The number of carbonyl (C=O) groups is 1. The van der Waals surface area contributed by atoms with E-state index in [2.05, 4.69) is 39.5 Å². The van der Waals surface area contributed by atoms with Crippen molar-refractivity contribution in [3.8, 4) is 0 Å².